The largest absolute Gasteiger partial charge is 0.373 e. The Morgan fingerprint density at radius 1 is 1.67 bits per heavy atom. The van der Waals surface area contributed by atoms with Gasteiger partial charge in [0, 0.05) is 13.2 Å². The van der Waals surface area contributed by atoms with Gasteiger partial charge in [-0.3, -0.25) is 0 Å². The van der Waals surface area contributed by atoms with E-state index < -0.39 is 0 Å². The maximum absolute atomic E-state index is 5.46. The third-order valence-corrected chi connectivity index (χ3v) is 1.06. The lowest BCUT2D eigenvalue weighted by molar-refractivity contribution is 1.16. The summed E-state index contributed by atoms with van der Waals surface area (Å²) in [5.41, 5.74) is 0. The fourth-order valence-corrected chi connectivity index (χ4v) is 0.622. The average molecular weight is 144 g/mol. The topological polar surface area (TPSA) is 37.8 Å². The Balaban J connectivity index is 2.94. The van der Waals surface area contributed by atoms with Gasteiger partial charge in [0.2, 0.25) is 5.28 Å². The maximum Gasteiger partial charge on any atom is 0.224 e. The summed E-state index contributed by atoms with van der Waals surface area (Å²) in [6.07, 6.45) is 1.60. The van der Waals surface area contributed by atoms with Crippen LogP contribution in [0.1, 0.15) is 0 Å². The Kier molecular flexibility index (Phi) is 1.85. The molecule has 0 aliphatic rings. The Labute approximate surface area is 58.1 Å². The molecule has 1 rings (SSSR count). The summed E-state index contributed by atoms with van der Waals surface area (Å²) in [6.45, 7) is 0. The van der Waals surface area contributed by atoms with Gasteiger partial charge in [-0.05, 0) is 17.7 Å². The van der Waals surface area contributed by atoms with Crippen LogP contribution in [0.25, 0.3) is 0 Å². The van der Waals surface area contributed by atoms with E-state index in [-0.39, 0.29) is 5.28 Å². The number of anilines is 1. The first-order valence-corrected chi connectivity index (χ1v) is 2.87. The molecule has 0 aliphatic heterocycles. The molecule has 0 aromatic carbocycles. The molecule has 0 saturated carbocycles. The molecule has 0 amide bonds. The van der Waals surface area contributed by atoms with Crippen LogP contribution in [0, 0.1) is 0 Å². The average Bonchev–Trinajstić information content (AvgIpc) is 1.88. The Morgan fingerprint density at radius 2 is 2.44 bits per heavy atom. The Bertz CT molecular complexity index is 201. The van der Waals surface area contributed by atoms with E-state index >= 15 is 0 Å². The summed E-state index contributed by atoms with van der Waals surface area (Å²) in [5, 5.41) is 3.10. The van der Waals surface area contributed by atoms with Gasteiger partial charge in [-0.15, -0.1) is 0 Å². The summed E-state index contributed by atoms with van der Waals surface area (Å²) in [6, 6.07) is 1.74. The third kappa shape index (κ3) is 1.54. The fourth-order valence-electron chi connectivity index (χ4n) is 0.474. The van der Waals surface area contributed by atoms with Crippen LogP contribution in [-0.4, -0.2) is 17.0 Å². The number of hydrogen-bond acceptors (Lipinski definition) is 3. The van der Waals surface area contributed by atoms with Crippen molar-refractivity contribution < 1.29 is 0 Å². The second-order valence-electron chi connectivity index (χ2n) is 1.46. The second-order valence-corrected chi connectivity index (χ2v) is 1.80. The highest BCUT2D eigenvalue weighted by molar-refractivity contribution is 6.28. The van der Waals surface area contributed by atoms with Gasteiger partial charge in [0.05, 0.1) is 0 Å². The van der Waals surface area contributed by atoms with Gasteiger partial charge in [-0.2, -0.15) is 0 Å². The van der Waals surface area contributed by atoms with Crippen LogP contribution in [0.3, 0.4) is 0 Å². The van der Waals surface area contributed by atoms with Gasteiger partial charge < -0.3 is 5.32 Å². The highest BCUT2D eigenvalue weighted by Crippen LogP contribution is 2.03. The van der Waals surface area contributed by atoms with Crippen LogP contribution < -0.4 is 5.32 Å². The molecule has 1 aromatic rings. The zero-order chi connectivity index (χ0) is 6.69. The molecule has 3 nitrogen and oxygen atoms in total. The van der Waals surface area contributed by atoms with Crippen LogP contribution in [-0.2, 0) is 0 Å². The standard InChI is InChI=1S/C5H6ClN3/c1-7-4-2-3-8-5(6)9-4/h2-3H,1H3,(H,7,8,9). The van der Waals surface area contributed by atoms with Crippen molar-refractivity contribution in [2.45, 2.75) is 0 Å². The molecule has 0 bridgehead atoms. The predicted molar refractivity (Wildman–Crippen MR) is 36.6 cm³/mol. The van der Waals surface area contributed by atoms with Gasteiger partial charge in [0.1, 0.15) is 5.82 Å². The summed E-state index contributed by atoms with van der Waals surface area (Å²) < 4.78 is 0. The first-order chi connectivity index (χ1) is 4.33. The molecule has 0 fully saturated rings. The smallest absolute Gasteiger partial charge is 0.224 e. The molecule has 1 aromatic heterocycles. The minimum atomic E-state index is 0.266. The molecule has 9 heavy (non-hydrogen) atoms. The molecule has 0 unspecified atom stereocenters. The normalized spacial score (nSPS) is 9.11. The van der Waals surface area contributed by atoms with Gasteiger partial charge in [-0.1, -0.05) is 0 Å². The van der Waals surface area contributed by atoms with Crippen molar-refractivity contribution in [2.24, 2.45) is 0 Å². The monoisotopic (exact) mass is 143 g/mol. The van der Waals surface area contributed by atoms with Crippen LogP contribution in [0.5, 0.6) is 0 Å². The Hall–Kier alpha value is -0.830. The van der Waals surface area contributed by atoms with E-state index in [1.165, 1.54) is 0 Å². The van der Waals surface area contributed by atoms with E-state index in [1.807, 2.05) is 0 Å². The second kappa shape index (κ2) is 2.64. The van der Waals surface area contributed by atoms with Crippen molar-refractivity contribution in [3.63, 3.8) is 0 Å². The van der Waals surface area contributed by atoms with E-state index in [1.54, 1.807) is 19.3 Å². The van der Waals surface area contributed by atoms with E-state index in [2.05, 4.69) is 15.3 Å². The zero-order valence-electron chi connectivity index (χ0n) is 4.93. The van der Waals surface area contributed by atoms with Crippen molar-refractivity contribution in [1.29, 1.82) is 0 Å². The molecule has 1 N–H and O–H groups in total. The van der Waals surface area contributed by atoms with Crippen molar-refractivity contribution in [2.75, 3.05) is 12.4 Å². The van der Waals surface area contributed by atoms with Crippen LogP contribution in [0.2, 0.25) is 5.28 Å². The molecule has 0 radical (unpaired) electrons. The van der Waals surface area contributed by atoms with Crippen molar-refractivity contribution in [3.05, 3.63) is 17.5 Å². The number of nitrogens with zero attached hydrogens (tertiary/aromatic N) is 2. The molecule has 0 spiro atoms. The van der Waals surface area contributed by atoms with Crippen LogP contribution in [0.15, 0.2) is 12.3 Å². The molecular formula is C5H6ClN3. The summed E-state index contributed by atoms with van der Waals surface area (Å²) >= 11 is 5.46. The lowest BCUT2D eigenvalue weighted by Gasteiger charge is -1.95. The van der Waals surface area contributed by atoms with Crippen molar-refractivity contribution in [3.8, 4) is 0 Å². The molecule has 4 heteroatoms. The number of nitrogens with one attached hydrogen (secondary N) is 1. The summed E-state index contributed by atoms with van der Waals surface area (Å²) in [7, 11) is 1.78. The highest BCUT2D eigenvalue weighted by Gasteiger charge is 1.89. The van der Waals surface area contributed by atoms with E-state index in [0.29, 0.717) is 0 Å². The molecule has 0 aliphatic carbocycles. The van der Waals surface area contributed by atoms with E-state index in [0.717, 1.165) is 5.82 Å². The molecule has 1 heterocycles. The van der Waals surface area contributed by atoms with Crippen molar-refractivity contribution >= 4 is 17.4 Å². The molecule has 0 atom stereocenters. The predicted octanol–water partition coefficient (Wildman–Crippen LogP) is 1.17. The highest BCUT2D eigenvalue weighted by atomic mass is 35.5. The molecule has 0 saturated heterocycles. The molecular weight excluding hydrogens is 138 g/mol. The van der Waals surface area contributed by atoms with Crippen LogP contribution in [0.4, 0.5) is 5.82 Å². The van der Waals surface area contributed by atoms with Gasteiger partial charge in [0.15, 0.2) is 0 Å². The number of rotatable bonds is 1. The third-order valence-electron chi connectivity index (χ3n) is 0.882. The van der Waals surface area contributed by atoms with Crippen molar-refractivity contribution in [1.82, 2.24) is 9.97 Å². The van der Waals surface area contributed by atoms with Gasteiger partial charge >= 0.3 is 0 Å². The first-order valence-electron chi connectivity index (χ1n) is 2.49. The zero-order valence-corrected chi connectivity index (χ0v) is 5.68. The van der Waals surface area contributed by atoms with E-state index in [9.17, 15) is 0 Å². The first kappa shape index (κ1) is 6.29. The van der Waals surface area contributed by atoms with Gasteiger partial charge in [-0.25, -0.2) is 9.97 Å². The maximum atomic E-state index is 5.46. The lowest BCUT2D eigenvalue weighted by atomic mass is 10.6. The summed E-state index contributed by atoms with van der Waals surface area (Å²) in [5.74, 6) is 0.731. The minimum Gasteiger partial charge on any atom is -0.373 e. The fraction of sp³-hybridized carbons (Fsp3) is 0.200. The summed E-state index contributed by atoms with van der Waals surface area (Å²) in [4.78, 5) is 7.54. The SMILES string of the molecule is CNc1ccnc(Cl)n1. The Morgan fingerprint density at radius 3 is 2.89 bits per heavy atom. The van der Waals surface area contributed by atoms with Crippen LogP contribution >= 0.6 is 11.6 Å². The number of halogens is 1. The quantitative estimate of drug-likeness (QED) is 0.600. The number of hydrogen-bond donors (Lipinski definition) is 1. The van der Waals surface area contributed by atoms with E-state index in [4.69, 9.17) is 11.6 Å². The lowest BCUT2D eigenvalue weighted by Crippen LogP contribution is -1.92. The minimum absolute atomic E-state index is 0.266. The molecule has 48 valence electrons. The van der Waals surface area contributed by atoms with Gasteiger partial charge in [0.25, 0.3) is 0 Å². The number of aromatic nitrogens is 2.